The number of cyclic esters (lactones) is 1. The van der Waals surface area contributed by atoms with Crippen molar-refractivity contribution in [3.8, 4) is 0 Å². The topological polar surface area (TPSA) is 83.1 Å². The van der Waals surface area contributed by atoms with Crippen molar-refractivity contribution in [1.29, 1.82) is 0 Å². The van der Waals surface area contributed by atoms with Gasteiger partial charge in [0.05, 0.1) is 6.61 Å². The van der Waals surface area contributed by atoms with Crippen LogP contribution in [0.1, 0.15) is 12.8 Å². The Morgan fingerprint density at radius 2 is 2.44 bits per heavy atom. The zero-order valence-corrected chi connectivity index (χ0v) is 8.86. The maximum Gasteiger partial charge on any atom is 0.408 e. The molecule has 0 radical (unpaired) electrons. The Morgan fingerprint density at radius 1 is 1.62 bits per heavy atom. The van der Waals surface area contributed by atoms with Crippen LogP contribution >= 0.6 is 0 Å². The minimum atomic E-state index is -1.30. The van der Waals surface area contributed by atoms with Crippen LogP contribution in [0.2, 0.25) is 0 Å². The van der Waals surface area contributed by atoms with Gasteiger partial charge in [0.2, 0.25) is 0 Å². The van der Waals surface area contributed by atoms with Gasteiger partial charge in [-0.25, -0.2) is 9.59 Å². The first-order chi connectivity index (χ1) is 7.65. The first-order valence-corrected chi connectivity index (χ1v) is 5.00. The number of hydrogen-bond acceptors (Lipinski definition) is 6. The highest BCUT2D eigenvalue weighted by atomic mass is 16.9. The molecule has 0 aromatic heterocycles. The number of rotatable bonds is 3. The Labute approximate surface area is 92.0 Å². The lowest BCUT2D eigenvalue weighted by Gasteiger charge is -2.26. The van der Waals surface area contributed by atoms with Crippen LogP contribution in [0.25, 0.3) is 0 Å². The van der Waals surface area contributed by atoms with E-state index < -0.39 is 24.1 Å². The summed E-state index contributed by atoms with van der Waals surface area (Å²) in [5, 5.41) is 2.32. The van der Waals surface area contributed by atoms with Crippen molar-refractivity contribution in [2.24, 2.45) is 0 Å². The van der Waals surface area contributed by atoms with Gasteiger partial charge in [0.1, 0.15) is 6.61 Å². The van der Waals surface area contributed by atoms with Crippen molar-refractivity contribution in [2.75, 3.05) is 20.3 Å². The van der Waals surface area contributed by atoms with Gasteiger partial charge in [0.15, 0.2) is 6.04 Å². The summed E-state index contributed by atoms with van der Waals surface area (Å²) in [6.07, 6.45) is 0.617. The van der Waals surface area contributed by atoms with E-state index in [2.05, 4.69) is 10.1 Å². The minimum Gasteiger partial charge on any atom is -0.447 e. The number of nitrogens with one attached hydrogen (secondary N) is 1. The summed E-state index contributed by atoms with van der Waals surface area (Å²) in [6, 6.07) is -0.788. The SMILES string of the molecule is COC1(OC(=O)C2COC(=O)N2)CCCO1. The van der Waals surface area contributed by atoms with Gasteiger partial charge in [-0.15, -0.1) is 0 Å². The van der Waals surface area contributed by atoms with Gasteiger partial charge >= 0.3 is 18.0 Å². The number of carbonyl (C=O) groups is 2. The number of hydrogen-bond donors (Lipinski definition) is 1. The molecule has 2 atom stereocenters. The summed E-state index contributed by atoms with van der Waals surface area (Å²) in [4.78, 5) is 22.4. The van der Waals surface area contributed by atoms with Crippen molar-refractivity contribution in [1.82, 2.24) is 5.32 Å². The molecule has 0 aromatic carbocycles. The average molecular weight is 231 g/mol. The quantitative estimate of drug-likeness (QED) is 0.532. The molecular formula is C9H13NO6. The van der Waals surface area contributed by atoms with Gasteiger partial charge in [0, 0.05) is 13.5 Å². The van der Waals surface area contributed by atoms with Gasteiger partial charge in [-0.2, -0.15) is 0 Å². The molecule has 90 valence electrons. The summed E-state index contributed by atoms with van der Waals surface area (Å²) in [5.41, 5.74) is 0. The molecule has 0 bridgehead atoms. The zero-order valence-electron chi connectivity index (χ0n) is 8.86. The normalized spacial score (nSPS) is 33.3. The number of amides is 1. The lowest BCUT2D eigenvalue weighted by atomic mass is 10.3. The molecule has 2 saturated heterocycles. The van der Waals surface area contributed by atoms with E-state index in [4.69, 9.17) is 14.2 Å². The number of esters is 1. The molecule has 7 nitrogen and oxygen atoms in total. The monoisotopic (exact) mass is 231 g/mol. The molecule has 0 aromatic rings. The van der Waals surface area contributed by atoms with Gasteiger partial charge in [-0.05, 0) is 6.42 Å². The van der Waals surface area contributed by atoms with E-state index in [9.17, 15) is 9.59 Å². The van der Waals surface area contributed by atoms with Gasteiger partial charge in [-0.3, -0.25) is 0 Å². The third-order valence-corrected chi connectivity index (χ3v) is 2.47. The molecule has 0 saturated carbocycles. The second-order valence-corrected chi connectivity index (χ2v) is 3.56. The van der Waals surface area contributed by atoms with Gasteiger partial charge in [-0.1, -0.05) is 0 Å². The first-order valence-electron chi connectivity index (χ1n) is 5.00. The number of carbonyl (C=O) groups excluding carboxylic acids is 2. The Bertz CT molecular complexity index is 298. The fourth-order valence-corrected chi connectivity index (χ4v) is 1.61. The molecular weight excluding hydrogens is 218 g/mol. The maximum absolute atomic E-state index is 11.6. The van der Waals surface area contributed by atoms with Crippen molar-refractivity contribution in [2.45, 2.75) is 24.9 Å². The van der Waals surface area contributed by atoms with Crippen molar-refractivity contribution in [3.63, 3.8) is 0 Å². The number of ether oxygens (including phenoxy) is 4. The highest BCUT2D eigenvalue weighted by Crippen LogP contribution is 2.28. The van der Waals surface area contributed by atoms with Crippen LogP contribution in [0.5, 0.6) is 0 Å². The van der Waals surface area contributed by atoms with Crippen molar-refractivity contribution < 1.29 is 28.5 Å². The summed E-state index contributed by atoms with van der Waals surface area (Å²) >= 11 is 0. The van der Waals surface area contributed by atoms with E-state index >= 15 is 0 Å². The molecule has 2 aliphatic rings. The fraction of sp³-hybridized carbons (Fsp3) is 0.778. The average Bonchev–Trinajstić information content (AvgIpc) is 2.88. The predicted molar refractivity (Wildman–Crippen MR) is 49.3 cm³/mol. The summed E-state index contributed by atoms with van der Waals surface area (Å²) in [5.74, 6) is -1.92. The largest absolute Gasteiger partial charge is 0.447 e. The highest BCUT2D eigenvalue weighted by Gasteiger charge is 2.43. The number of alkyl carbamates (subject to hydrolysis) is 1. The van der Waals surface area contributed by atoms with E-state index in [0.717, 1.165) is 6.42 Å². The Kier molecular flexibility index (Phi) is 2.97. The first kappa shape index (κ1) is 11.2. The Morgan fingerprint density at radius 3 is 2.94 bits per heavy atom. The van der Waals surface area contributed by atoms with E-state index in [0.29, 0.717) is 13.0 Å². The molecule has 0 aliphatic carbocycles. The Hall–Kier alpha value is -1.34. The maximum atomic E-state index is 11.6. The zero-order chi connectivity index (χ0) is 11.6. The molecule has 2 unspecified atom stereocenters. The molecule has 16 heavy (non-hydrogen) atoms. The predicted octanol–water partition coefficient (Wildman–Crippen LogP) is -0.251. The van der Waals surface area contributed by atoms with Crippen molar-refractivity contribution >= 4 is 12.1 Å². The van der Waals surface area contributed by atoms with Crippen LogP contribution in [-0.4, -0.2) is 44.4 Å². The Balaban J connectivity index is 1.93. The van der Waals surface area contributed by atoms with Crippen LogP contribution in [0, 0.1) is 0 Å². The molecule has 0 spiro atoms. The van der Waals surface area contributed by atoms with Crippen LogP contribution in [-0.2, 0) is 23.7 Å². The van der Waals surface area contributed by atoms with Gasteiger partial charge < -0.3 is 24.3 Å². The standard InChI is InChI=1S/C9H13NO6/c1-13-9(3-2-4-15-9)16-7(11)6-5-14-8(12)10-6/h6H,2-5H2,1H3,(H,10,12). The van der Waals surface area contributed by atoms with Gasteiger partial charge in [0.25, 0.3) is 0 Å². The summed E-state index contributed by atoms with van der Waals surface area (Å²) in [6.45, 7) is 0.451. The molecule has 7 heteroatoms. The van der Waals surface area contributed by atoms with E-state index in [1.807, 2.05) is 0 Å². The summed E-state index contributed by atoms with van der Waals surface area (Å²) in [7, 11) is 1.41. The lowest BCUT2D eigenvalue weighted by molar-refractivity contribution is -0.333. The fourth-order valence-electron chi connectivity index (χ4n) is 1.61. The van der Waals surface area contributed by atoms with E-state index in [-0.39, 0.29) is 6.61 Å². The van der Waals surface area contributed by atoms with E-state index in [1.165, 1.54) is 7.11 Å². The third kappa shape index (κ3) is 2.10. The molecule has 2 aliphatic heterocycles. The highest BCUT2D eigenvalue weighted by molar-refractivity contribution is 5.84. The van der Waals surface area contributed by atoms with Crippen LogP contribution in [0.15, 0.2) is 0 Å². The lowest BCUT2D eigenvalue weighted by Crippen LogP contribution is -2.44. The minimum absolute atomic E-state index is 0.0303. The van der Waals surface area contributed by atoms with Crippen LogP contribution in [0.3, 0.4) is 0 Å². The van der Waals surface area contributed by atoms with Crippen LogP contribution < -0.4 is 5.32 Å². The molecule has 2 heterocycles. The van der Waals surface area contributed by atoms with Crippen LogP contribution in [0.4, 0.5) is 4.79 Å². The van der Waals surface area contributed by atoms with Crippen molar-refractivity contribution in [3.05, 3.63) is 0 Å². The molecule has 1 N–H and O–H groups in total. The smallest absolute Gasteiger partial charge is 0.408 e. The second kappa shape index (κ2) is 4.26. The molecule has 2 fully saturated rings. The number of methoxy groups -OCH3 is 1. The van der Waals surface area contributed by atoms with E-state index in [1.54, 1.807) is 0 Å². The summed E-state index contributed by atoms with van der Waals surface area (Å²) < 4.78 is 20.0. The third-order valence-electron chi connectivity index (χ3n) is 2.47. The molecule has 2 rings (SSSR count). The molecule has 1 amide bonds. The second-order valence-electron chi connectivity index (χ2n) is 3.56.